The van der Waals surface area contributed by atoms with Crippen LogP contribution in [0.5, 0.6) is 5.75 Å². The molecule has 7 heteroatoms. The fourth-order valence-electron chi connectivity index (χ4n) is 2.84. The molecule has 0 spiro atoms. The lowest BCUT2D eigenvalue weighted by molar-refractivity contribution is -0.121. The number of anilines is 1. The van der Waals surface area contributed by atoms with Crippen LogP contribution in [0, 0.1) is 6.92 Å². The molecule has 0 saturated carbocycles. The second-order valence-electron chi connectivity index (χ2n) is 6.77. The average molecular weight is 427 g/mol. The molecule has 0 aliphatic rings. The molecule has 3 aromatic rings. The first-order chi connectivity index (χ1) is 14.5. The van der Waals surface area contributed by atoms with Crippen molar-refractivity contribution in [3.8, 4) is 5.75 Å². The van der Waals surface area contributed by atoms with E-state index in [4.69, 9.17) is 20.8 Å². The number of rotatable bonds is 9. The summed E-state index contributed by atoms with van der Waals surface area (Å²) in [6.07, 6.45) is 2.41. The number of ether oxygens (including phenoxy) is 1. The maximum Gasteiger partial charge on any atom is 0.291 e. The Kier molecular flexibility index (Phi) is 7.51. The summed E-state index contributed by atoms with van der Waals surface area (Å²) in [4.78, 5) is 24.1. The lowest BCUT2D eigenvalue weighted by Crippen LogP contribution is -2.23. The summed E-state index contributed by atoms with van der Waals surface area (Å²) in [5.41, 5.74) is 2.48. The van der Waals surface area contributed by atoms with Gasteiger partial charge in [-0.1, -0.05) is 23.7 Å². The number of carbonyl (C=O) groups excluding carboxylic acids is 2. The molecule has 0 unspecified atom stereocenters. The van der Waals surface area contributed by atoms with E-state index in [1.807, 2.05) is 37.3 Å². The normalized spacial score (nSPS) is 10.5. The van der Waals surface area contributed by atoms with Crippen LogP contribution in [-0.2, 0) is 11.3 Å². The summed E-state index contributed by atoms with van der Waals surface area (Å²) in [6.45, 7) is 2.75. The first-order valence-corrected chi connectivity index (χ1v) is 9.98. The Morgan fingerprint density at radius 2 is 1.97 bits per heavy atom. The van der Waals surface area contributed by atoms with E-state index in [0.29, 0.717) is 36.7 Å². The zero-order valence-corrected chi connectivity index (χ0v) is 17.4. The molecule has 0 bridgehead atoms. The number of aryl methyl sites for hydroxylation is 1. The van der Waals surface area contributed by atoms with Crippen molar-refractivity contribution in [3.63, 3.8) is 0 Å². The molecular formula is C23H23ClN2O4. The summed E-state index contributed by atoms with van der Waals surface area (Å²) in [6, 6.07) is 16.0. The summed E-state index contributed by atoms with van der Waals surface area (Å²) in [5, 5.41) is 6.32. The Morgan fingerprint density at radius 3 is 2.73 bits per heavy atom. The highest BCUT2D eigenvalue weighted by Gasteiger charge is 2.09. The van der Waals surface area contributed by atoms with Crippen molar-refractivity contribution in [1.82, 2.24) is 5.32 Å². The van der Waals surface area contributed by atoms with Crippen molar-refractivity contribution in [3.05, 3.63) is 82.8 Å². The zero-order valence-electron chi connectivity index (χ0n) is 16.6. The number of benzene rings is 2. The van der Waals surface area contributed by atoms with Crippen molar-refractivity contribution >= 4 is 29.1 Å². The Hall–Kier alpha value is -3.25. The molecule has 30 heavy (non-hydrogen) atoms. The van der Waals surface area contributed by atoms with Crippen LogP contribution in [0.3, 0.4) is 0 Å². The molecule has 2 amide bonds. The van der Waals surface area contributed by atoms with Gasteiger partial charge in [0, 0.05) is 23.7 Å². The number of hydrogen-bond donors (Lipinski definition) is 2. The molecule has 0 saturated heterocycles. The maximum atomic E-state index is 12.1. The third-order valence-corrected chi connectivity index (χ3v) is 4.60. The van der Waals surface area contributed by atoms with Gasteiger partial charge >= 0.3 is 0 Å². The molecule has 0 fully saturated rings. The summed E-state index contributed by atoms with van der Waals surface area (Å²) >= 11 is 5.93. The van der Waals surface area contributed by atoms with Gasteiger partial charge in [0.05, 0.1) is 12.9 Å². The number of hydrogen-bond acceptors (Lipinski definition) is 4. The highest BCUT2D eigenvalue weighted by molar-refractivity contribution is 6.30. The van der Waals surface area contributed by atoms with Crippen molar-refractivity contribution in [1.29, 1.82) is 0 Å². The van der Waals surface area contributed by atoms with Gasteiger partial charge in [0.25, 0.3) is 5.91 Å². The van der Waals surface area contributed by atoms with Crippen LogP contribution >= 0.6 is 11.6 Å². The lowest BCUT2D eigenvalue weighted by Gasteiger charge is -2.10. The molecule has 3 rings (SSSR count). The monoisotopic (exact) mass is 426 g/mol. The lowest BCUT2D eigenvalue weighted by atomic mass is 10.2. The quantitative estimate of drug-likeness (QED) is 0.473. The second-order valence-corrected chi connectivity index (χ2v) is 7.21. The second kappa shape index (κ2) is 10.5. The smallest absolute Gasteiger partial charge is 0.291 e. The van der Waals surface area contributed by atoms with Crippen molar-refractivity contribution in [2.24, 2.45) is 0 Å². The molecule has 0 atom stereocenters. The van der Waals surface area contributed by atoms with Gasteiger partial charge in [-0.05, 0) is 66.9 Å². The van der Waals surface area contributed by atoms with E-state index in [0.717, 1.165) is 16.9 Å². The highest BCUT2D eigenvalue weighted by atomic mass is 35.5. The number of furan rings is 1. The van der Waals surface area contributed by atoms with Gasteiger partial charge in [0.2, 0.25) is 5.91 Å². The average Bonchev–Trinajstić information content (AvgIpc) is 3.26. The fourth-order valence-corrected chi connectivity index (χ4v) is 3.06. The molecule has 1 heterocycles. The summed E-state index contributed by atoms with van der Waals surface area (Å²) in [5.74, 6) is 0.631. The number of carbonyl (C=O) groups is 2. The Labute approximate surface area is 180 Å². The minimum atomic E-state index is -0.322. The predicted molar refractivity (Wildman–Crippen MR) is 116 cm³/mol. The first kappa shape index (κ1) is 21.5. The number of nitrogens with one attached hydrogen (secondary N) is 2. The van der Waals surface area contributed by atoms with Crippen molar-refractivity contribution < 1.29 is 18.7 Å². The Balaban J connectivity index is 1.39. The van der Waals surface area contributed by atoms with Gasteiger partial charge in [0.1, 0.15) is 5.75 Å². The largest absolute Gasteiger partial charge is 0.493 e. The van der Waals surface area contributed by atoms with Gasteiger partial charge < -0.3 is 19.8 Å². The molecule has 2 N–H and O–H groups in total. The standard InChI is InChI=1S/C23H23ClN2O4/c1-16-13-18(24)9-10-20(16)29-12-4-8-22(27)25-15-17-5-2-6-19(14-17)26-23(28)21-7-3-11-30-21/h2-3,5-7,9-11,13-14H,4,8,12,15H2,1H3,(H,25,27)(H,26,28). The number of amides is 2. The van der Waals surface area contributed by atoms with E-state index < -0.39 is 0 Å². The highest BCUT2D eigenvalue weighted by Crippen LogP contribution is 2.22. The minimum Gasteiger partial charge on any atom is -0.493 e. The zero-order chi connectivity index (χ0) is 21.3. The van der Waals surface area contributed by atoms with Crippen LogP contribution < -0.4 is 15.4 Å². The Morgan fingerprint density at radius 1 is 1.10 bits per heavy atom. The number of halogens is 1. The summed E-state index contributed by atoms with van der Waals surface area (Å²) < 4.78 is 10.8. The van der Waals surface area contributed by atoms with Crippen LogP contribution in [0.2, 0.25) is 5.02 Å². The molecule has 0 radical (unpaired) electrons. The van der Waals surface area contributed by atoms with Crippen LogP contribution in [0.15, 0.2) is 65.3 Å². The van der Waals surface area contributed by atoms with E-state index in [9.17, 15) is 9.59 Å². The van der Waals surface area contributed by atoms with E-state index in [-0.39, 0.29) is 17.6 Å². The molecular weight excluding hydrogens is 404 g/mol. The molecule has 2 aromatic carbocycles. The van der Waals surface area contributed by atoms with Gasteiger partial charge in [0.15, 0.2) is 5.76 Å². The predicted octanol–water partition coefficient (Wildman–Crippen LogP) is 4.97. The Bertz CT molecular complexity index is 1000. The molecule has 1 aromatic heterocycles. The van der Waals surface area contributed by atoms with Gasteiger partial charge in [-0.3, -0.25) is 9.59 Å². The maximum absolute atomic E-state index is 12.1. The van der Waals surface area contributed by atoms with Crippen molar-refractivity contribution in [2.75, 3.05) is 11.9 Å². The van der Waals surface area contributed by atoms with E-state index in [1.165, 1.54) is 6.26 Å². The van der Waals surface area contributed by atoms with E-state index in [1.54, 1.807) is 24.3 Å². The summed E-state index contributed by atoms with van der Waals surface area (Å²) in [7, 11) is 0. The van der Waals surface area contributed by atoms with E-state index in [2.05, 4.69) is 10.6 Å². The molecule has 0 aliphatic carbocycles. The SMILES string of the molecule is Cc1cc(Cl)ccc1OCCCC(=O)NCc1cccc(NC(=O)c2ccco2)c1. The van der Waals surface area contributed by atoms with Crippen LogP contribution in [0.1, 0.15) is 34.5 Å². The topological polar surface area (TPSA) is 80.6 Å². The molecule has 0 aliphatic heterocycles. The third-order valence-electron chi connectivity index (χ3n) is 4.36. The van der Waals surface area contributed by atoms with Gasteiger partial charge in [-0.2, -0.15) is 0 Å². The van der Waals surface area contributed by atoms with Crippen LogP contribution in [0.4, 0.5) is 5.69 Å². The van der Waals surface area contributed by atoms with Crippen LogP contribution in [0.25, 0.3) is 0 Å². The molecule has 156 valence electrons. The van der Waals surface area contributed by atoms with Crippen LogP contribution in [-0.4, -0.2) is 18.4 Å². The third kappa shape index (κ3) is 6.39. The van der Waals surface area contributed by atoms with E-state index >= 15 is 0 Å². The first-order valence-electron chi connectivity index (χ1n) is 9.61. The van der Waals surface area contributed by atoms with Crippen molar-refractivity contribution in [2.45, 2.75) is 26.3 Å². The molecule has 6 nitrogen and oxygen atoms in total. The fraction of sp³-hybridized carbons (Fsp3) is 0.217. The van der Waals surface area contributed by atoms with Gasteiger partial charge in [-0.15, -0.1) is 0 Å². The minimum absolute atomic E-state index is 0.0588. The van der Waals surface area contributed by atoms with Gasteiger partial charge in [-0.25, -0.2) is 0 Å².